The molecule has 0 aliphatic carbocycles. The molecule has 18 nitrogen and oxygen atoms in total. The number of rotatable bonds is 13. The number of oxime groups is 1. The summed E-state index contributed by atoms with van der Waals surface area (Å²) in [7, 11) is 3.64. The lowest BCUT2D eigenvalue weighted by atomic mass is 9.68. The Morgan fingerprint density at radius 3 is 2.44 bits per heavy atom. The number of amides is 2. The fraction of sp³-hybridized carbons (Fsp3) is 0.725. The molecule has 0 radical (unpaired) electrons. The molecule has 2 aromatic rings. The Labute approximate surface area is 422 Å². The number of thiazole rings is 1. The Hall–Kier alpha value is -4.15. The standard InChI is InChI=1S/C51H78FN7O11S/c1-14-38-51(11,65)35-19-18-34(58-67-25-33-17-16-32(23-54-33)46-56-39(26-71-46)55-45(63)36(53)20-27(3)4)24-66-49(9,22-28(5)41(30(35)7)57-40(60)15-2)44(31(8)43(62)50(10,52)48(64)69-38)70-47-42(61)37(59(12)13)21-29(6)68-47/h16-17,23,26-31,35-38,42,44,47,61,65H,14-15,18-22,24-25,53H2,1-13H3,(H,55,63)/b57-41+,58-34+/t28?,29-,30-,31+,35-,36+,37+,38-,42-,44-,47+,49-,50+,51+/m1/s1. The van der Waals surface area contributed by atoms with Crippen molar-refractivity contribution < 1.29 is 57.6 Å². The third-order valence-corrected chi connectivity index (χ3v) is 15.2. The third-order valence-electron chi connectivity index (χ3n) is 14.3. The zero-order chi connectivity index (χ0) is 52.7. The Balaban J connectivity index is 1.57. The van der Waals surface area contributed by atoms with Gasteiger partial charge in [0.05, 0.1) is 41.9 Å². The van der Waals surface area contributed by atoms with Crippen molar-refractivity contribution in [1.29, 1.82) is 0 Å². The van der Waals surface area contributed by atoms with Crippen LogP contribution in [0, 0.1) is 29.6 Å². The molecule has 2 amide bonds. The number of nitrogens with zero attached hydrogens (tertiary/aromatic N) is 5. The van der Waals surface area contributed by atoms with E-state index in [-0.39, 0.29) is 63.1 Å². The number of cyclic esters (lactones) is 1. The SMILES string of the molecule is CCC(=O)/N=C1\C(C)C[C@@]2(C)OC/C(=N/OCc3ccc(-c4nc(NC(=O)[C@@H](N)CC(C)C)cs4)cn3)CC[C@H]([C@H]1C)[C@](C)(O)[C@@H](CC)OC(=O)[C@@](C)(F)C(=O)[C@H](C)[C@H]2O[C@@H]1O[C@H](C)C[C@H](N(C)C)[C@H]1O. The van der Waals surface area contributed by atoms with Crippen LogP contribution in [-0.2, 0) is 49.6 Å². The fourth-order valence-electron chi connectivity index (χ4n) is 10.3. The van der Waals surface area contributed by atoms with E-state index in [0.717, 1.165) is 6.92 Å². The highest BCUT2D eigenvalue weighted by atomic mass is 32.1. The molecule has 3 aliphatic heterocycles. The average molecular weight is 1020 g/mol. The van der Waals surface area contributed by atoms with Crippen LogP contribution in [0.25, 0.3) is 10.6 Å². The normalized spacial score (nSPS) is 35.1. The smallest absolute Gasteiger partial charge is 0.351 e. The first-order valence-electron chi connectivity index (χ1n) is 25.0. The number of pyridine rings is 1. The number of aliphatic hydroxyl groups excluding tert-OH is 1. The second-order valence-corrected chi connectivity index (χ2v) is 21.8. The monoisotopic (exact) mass is 1020 g/mol. The number of halogens is 1. The van der Waals surface area contributed by atoms with Gasteiger partial charge in [-0.05, 0) is 110 Å². The highest BCUT2D eigenvalue weighted by Crippen LogP contribution is 2.43. The molecule has 5 N–H and O–H groups in total. The van der Waals surface area contributed by atoms with E-state index >= 15 is 4.39 Å². The van der Waals surface area contributed by atoms with Crippen molar-refractivity contribution in [1.82, 2.24) is 14.9 Å². The van der Waals surface area contributed by atoms with Crippen molar-refractivity contribution in [2.75, 3.05) is 26.0 Å². The van der Waals surface area contributed by atoms with E-state index in [1.165, 1.54) is 25.2 Å². The first-order chi connectivity index (χ1) is 33.2. The summed E-state index contributed by atoms with van der Waals surface area (Å²) in [6.07, 6.45) is -2.41. The summed E-state index contributed by atoms with van der Waals surface area (Å²) in [6.45, 7) is 18.2. The van der Waals surface area contributed by atoms with E-state index in [2.05, 4.69) is 25.4 Å². The van der Waals surface area contributed by atoms with Crippen molar-refractivity contribution in [2.45, 2.75) is 187 Å². The highest BCUT2D eigenvalue weighted by molar-refractivity contribution is 7.13. The lowest BCUT2D eigenvalue weighted by Crippen LogP contribution is -2.61. The number of hydrogen-bond acceptors (Lipinski definition) is 17. The Bertz CT molecular complexity index is 2220. The van der Waals surface area contributed by atoms with Crippen LogP contribution in [0.4, 0.5) is 10.2 Å². The minimum atomic E-state index is -3.21. The fourth-order valence-corrected chi connectivity index (χ4v) is 11.0. The predicted octanol–water partition coefficient (Wildman–Crippen LogP) is 6.45. The third kappa shape index (κ3) is 13.9. The van der Waals surface area contributed by atoms with Gasteiger partial charge in [-0.3, -0.25) is 19.4 Å². The molecule has 0 aromatic carbocycles. The van der Waals surface area contributed by atoms with E-state index in [4.69, 9.17) is 29.5 Å². The number of carbonyl (C=O) groups excluding carboxylic acids is 4. The number of ketones is 1. The number of anilines is 1. The maximum Gasteiger partial charge on any atom is 0.351 e. The number of alkyl halides is 1. The van der Waals surface area contributed by atoms with Gasteiger partial charge in [0.2, 0.25) is 11.8 Å². The van der Waals surface area contributed by atoms with E-state index < -0.39 is 95.1 Å². The van der Waals surface area contributed by atoms with Crippen LogP contribution in [0.1, 0.15) is 127 Å². The number of aliphatic imine (C=N–C) groups is 1. The van der Waals surface area contributed by atoms with Crippen LogP contribution in [-0.4, -0.2) is 140 Å². The van der Waals surface area contributed by atoms with Crippen LogP contribution >= 0.6 is 11.3 Å². The van der Waals surface area contributed by atoms with Gasteiger partial charge in [-0.15, -0.1) is 11.3 Å². The summed E-state index contributed by atoms with van der Waals surface area (Å²) < 4.78 is 42.8. The minimum Gasteiger partial charge on any atom is -0.457 e. The van der Waals surface area contributed by atoms with Gasteiger partial charge in [-0.1, -0.05) is 53.6 Å². The molecule has 5 heterocycles. The number of aliphatic hydroxyl groups is 2. The molecule has 3 saturated heterocycles. The summed E-state index contributed by atoms with van der Waals surface area (Å²) in [4.78, 5) is 76.1. The molecule has 0 saturated carbocycles. The van der Waals surface area contributed by atoms with Gasteiger partial charge in [-0.25, -0.2) is 19.2 Å². The number of Topliss-reactive ketones (excluding diaryl/α,β-unsaturated/α-hetero) is 1. The van der Waals surface area contributed by atoms with Crippen molar-refractivity contribution in [3.05, 3.63) is 29.4 Å². The largest absolute Gasteiger partial charge is 0.457 e. The summed E-state index contributed by atoms with van der Waals surface area (Å²) in [6, 6.07) is 2.53. The Kier molecular flexibility index (Phi) is 19.7. The second kappa shape index (κ2) is 24.3. The molecular weight excluding hydrogens is 938 g/mol. The van der Waals surface area contributed by atoms with Gasteiger partial charge in [0, 0.05) is 47.2 Å². The maximum atomic E-state index is 17.1. The Morgan fingerprint density at radius 2 is 1.82 bits per heavy atom. The zero-order valence-corrected chi connectivity index (χ0v) is 44.6. The van der Waals surface area contributed by atoms with Crippen LogP contribution in [0.3, 0.4) is 0 Å². The molecule has 20 heteroatoms. The van der Waals surface area contributed by atoms with Crippen molar-refractivity contribution in [3.8, 4) is 10.6 Å². The molecule has 14 atom stereocenters. The number of nitrogens with two attached hydrogens (primary N) is 1. The van der Waals surface area contributed by atoms with E-state index in [0.29, 0.717) is 46.3 Å². The second-order valence-electron chi connectivity index (χ2n) is 21.0. The molecule has 396 valence electrons. The molecule has 2 aromatic heterocycles. The summed E-state index contributed by atoms with van der Waals surface area (Å²) in [5.41, 5.74) is 1.52. The van der Waals surface area contributed by atoms with Gasteiger partial charge in [0.1, 0.15) is 28.6 Å². The molecule has 5 rings (SSSR count). The highest BCUT2D eigenvalue weighted by Gasteiger charge is 2.56. The average Bonchev–Trinajstić information content (AvgIpc) is 3.77. The minimum absolute atomic E-state index is 0.0352. The lowest BCUT2D eigenvalue weighted by molar-refractivity contribution is -0.296. The van der Waals surface area contributed by atoms with Crippen LogP contribution < -0.4 is 11.1 Å². The maximum absolute atomic E-state index is 17.1. The van der Waals surface area contributed by atoms with E-state index in [1.807, 2.05) is 59.7 Å². The summed E-state index contributed by atoms with van der Waals surface area (Å²) >= 11 is 1.34. The first kappa shape index (κ1) is 57.7. The summed E-state index contributed by atoms with van der Waals surface area (Å²) in [5.74, 6) is -6.10. The predicted molar refractivity (Wildman–Crippen MR) is 268 cm³/mol. The molecule has 71 heavy (non-hydrogen) atoms. The molecule has 3 aliphatic rings. The number of likely N-dealkylation sites (N-methyl/N-ethyl adjacent to an activating group) is 1. The molecule has 3 fully saturated rings. The van der Waals surface area contributed by atoms with Crippen LogP contribution in [0.2, 0.25) is 0 Å². The van der Waals surface area contributed by atoms with Crippen molar-refractivity contribution in [2.24, 2.45) is 45.5 Å². The quantitative estimate of drug-likeness (QED) is 0.0957. The van der Waals surface area contributed by atoms with E-state index in [1.54, 1.807) is 38.4 Å². The van der Waals surface area contributed by atoms with Gasteiger partial charge >= 0.3 is 5.97 Å². The van der Waals surface area contributed by atoms with Crippen molar-refractivity contribution in [3.63, 3.8) is 0 Å². The van der Waals surface area contributed by atoms with Crippen LogP contribution in [0.15, 0.2) is 33.9 Å². The Morgan fingerprint density at radius 1 is 1.11 bits per heavy atom. The van der Waals surface area contributed by atoms with Crippen LogP contribution in [0.5, 0.6) is 0 Å². The van der Waals surface area contributed by atoms with E-state index in [9.17, 15) is 29.4 Å². The van der Waals surface area contributed by atoms with Gasteiger partial charge < -0.3 is 49.9 Å². The number of esters is 1. The molecule has 0 spiro atoms. The van der Waals surface area contributed by atoms with Crippen molar-refractivity contribution >= 4 is 52.1 Å². The number of carbonyl (C=O) groups is 4. The molecule has 2 bridgehead atoms. The number of fused-ring (bicyclic) bond motifs is 5. The number of ether oxygens (including phenoxy) is 4. The molecular formula is C51H78FN7O11S. The number of hydrogen-bond donors (Lipinski definition) is 4. The van der Waals surface area contributed by atoms with Gasteiger partial charge in [0.15, 0.2) is 18.7 Å². The lowest BCUT2D eigenvalue weighted by Gasteiger charge is -2.48. The molecule has 1 unspecified atom stereocenters. The zero-order valence-electron chi connectivity index (χ0n) is 43.8. The van der Waals surface area contributed by atoms with Gasteiger partial charge in [0.25, 0.3) is 5.67 Å². The number of aromatic nitrogens is 2. The summed E-state index contributed by atoms with van der Waals surface area (Å²) in [5, 5.41) is 34.1. The number of nitrogens with one attached hydrogen (secondary N) is 1. The van der Waals surface area contributed by atoms with Gasteiger partial charge in [-0.2, -0.15) is 0 Å². The topological polar surface area (TPSA) is 247 Å². The first-order valence-corrected chi connectivity index (χ1v) is 25.8.